The molecule has 1 aromatic heterocycles. The molecule has 0 fully saturated rings. The van der Waals surface area contributed by atoms with Crippen molar-refractivity contribution in [2.24, 2.45) is 16.8 Å². The van der Waals surface area contributed by atoms with Crippen molar-refractivity contribution in [3.63, 3.8) is 0 Å². The first kappa shape index (κ1) is 23.6. The molecule has 3 aromatic rings. The molecule has 1 heterocycles. The fourth-order valence-corrected chi connectivity index (χ4v) is 3.06. The highest BCUT2D eigenvalue weighted by Gasteiger charge is 2.31. The minimum absolute atomic E-state index is 0.0712. The van der Waals surface area contributed by atoms with Crippen LogP contribution in [-0.4, -0.2) is 22.5 Å². The van der Waals surface area contributed by atoms with Crippen molar-refractivity contribution in [2.45, 2.75) is 19.0 Å². The topological polar surface area (TPSA) is 133 Å². The van der Waals surface area contributed by atoms with Crippen LogP contribution < -0.4 is 32.7 Å². The Morgan fingerprint density at radius 3 is 2.55 bits per heavy atom. The highest BCUT2D eigenvalue weighted by atomic mass is 19.4. The maximum atomic E-state index is 13.0. The highest BCUT2D eigenvalue weighted by Crippen LogP contribution is 2.35. The predicted molar refractivity (Wildman–Crippen MR) is 118 cm³/mol. The van der Waals surface area contributed by atoms with Gasteiger partial charge in [0.15, 0.2) is 5.82 Å². The Labute approximate surface area is 186 Å². The number of rotatable bonds is 7. The summed E-state index contributed by atoms with van der Waals surface area (Å²) in [5, 5.41) is 6.29. The van der Waals surface area contributed by atoms with E-state index in [1.807, 2.05) is 12.1 Å². The maximum Gasteiger partial charge on any atom is 0.416 e. The molecule has 0 saturated carbocycles. The molecule has 0 bridgehead atoms. The lowest BCUT2D eigenvalue weighted by molar-refractivity contribution is -0.137. The first-order chi connectivity index (χ1) is 15.8. The lowest BCUT2D eigenvalue weighted by atomic mass is 10.1. The summed E-state index contributed by atoms with van der Waals surface area (Å²) in [5.41, 5.74) is 2.79. The number of anilines is 2. The number of hydrazone groups is 1. The SMILES string of the molecule is COc1cc(C(F)(F)F)ccc1Nc1nccn(-c2ccc(CC/C(=N/N)NN)cc2)c1=O. The Balaban J connectivity index is 1.84. The van der Waals surface area contributed by atoms with Crippen molar-refractivity contribution in [1.29, 1.82) is 0 Å². The Hall–Kier alpha value is -4.06. The number of aromatic nitrogens is 2. The number of methoxy groups -OCH3 is 1. The van der Waals surface area contributed by atoms with E-state index in [2.05, 4.69) is 20.8 Å². The van der Waals surface area contributed by atoms with Gasteiger partial charge in [0.2, 0.25) is 0 Å². The van der Waals surface area contributed by atoms with E-state index >= 15 is 0 Å². The highest BCUT2D eigenvalue weighted by molar-refractivity contribution is 5.81. The van der Waals surface area contributed by atoms with Gasteiger partial charge in [0.05, 0.1) is 18.4 Å². The summed E-state index contributed by atoms with van der Waals surface area (Å²) >= 11 is 0. The smallest absolute Gasteiger partial charge is 0.416 e. The fourth-order valence-electron chi connectivity index (χ4n) is 3.06. The summed E-state index contributed by atoms with van der Waals surface area (Å²) < 4.78 is 45.3. The molecule has 0 amide bonds. The van der Waals surface area contributed by atoms with E-state index in [4.69, 9.17) is 16.4 Å². The Kier molecular flexibility index (Phi) is 7.18. The summed E-state index contributed by atoms with van der Waals surface area (Å²) in [5.74, 6) is 10.8. The summed E-state index contributed by atoms with van der Waals surface area (Å²) in [7, 11) is 1.24. The molecule has 0 spiro atoms. The van der Waals surface area contributed by atoms with Crippen molar-refractivity contribution in [3.8, 4) is 11.4 Å². The number of nitrogens with zero attached hydrogens (tertiary/aromatic N) is 3. The number of nitrogens with one attached hydrogen (secondary N) is 2. The molecule has 3 rings (SSSR count). The van der Waals surface area contributed by atoms with Crippen LogP contribution in [0.25, 0.3) is 5.69 Å². The van der Waals surface area contributed by atoms with Crippen LogP contribution in [0.5, 0.6) is 5.75 Å². The molecule has 0 saturated heterocycles. The van der Waals surface area contributed by atoms with Gasteiger partial charge in [0.1, 0.15) is 11.6 Å². The molecule has 0 unspecified atom stereocenters. The first-order valence-corrected chi connectivity index (χ1v) is 9.69. The van der Waals surface area contributed by atoms with Crippen LogP contribution in [0.15, 0.2) is 64.8 Å². The normalized spacial score (nSPS) is 11.8. The molecule has 0 aliphatic heterocycles. The quantitative estimate of drug-likeness (QED) is 0.184. The molecule has 0 atom stereocenters. The third-order valence-electron chi connectivity index (χ3n) is 4.81. The Morgan fingerprint density at radius 2 is 1.94 bits per heavy atom. The third kappa shape index (κ3) is 5.60. The van der Waals surface area contributed by atoms with Gasteiger partial charge in [-0.1, -0.05) is 12.1 Å². The summed E-state index contributed by atoms with van der Waals surface area (Å²) in [4.78, 5) is 17.0. The van der Waals surface area contributed by atoms with E-state index in [0.717, 1.165) is 17.7 Å². The summed E-state index contributed by atoms with van der Waals surface area (Å²) in [6.45, 7) is 0. The van der Waals surface area contributed by atoms with Gasteiger partial charge in [-0.15, -0.1) is 0 Å². The maximum absolute atomic E-state index is 13.0. The number of aryl methyl sites for hydroxylation is 1. The monoisotopic (exact) mass is 461 g/mol. The number of hydrogen-bond acceptors (Lipinski definition) is 7. The molecule has 12 heteroatoms. The van der Waals surface area contributed by atoms with Crippen molar-refractivity contribution in [1.82, 2.24) is 15.0 Å². The van der Waals surface area contributed by atoms with E-state index in [-0.39, 0.29) is 17.3 Å². The summed E-state index contributed by atoms with van der Waals surface area (Å²) in [6.07, 6.45) is -0.471. The molecular formula is C21H22F3N7O2. The predicted octanol–water partition coefficient (Wildman–Crippen LogP) is 2.67. The van der Waals surface area contributed by atoms with E-state index < -0.39 is 17.3 Å². The van der Waals surface area contributed by atoms with Crippen LogP contribution in [0.4, 0.5) is 24.7 Å². The van der Waals surface area contributed by atoms with Crippen molar-refractivity contribution >= 4 is 17.3 Å². The van der Waals surface area contributed by atoms with Gasteiger partial charge < -0.3 is 21.3 Å². The number of halogens is 3. The minimum atomic E-state index is -4.52. The molecule has 174 valence electrons. The van der Waals surface area contributed by atoms with E-state index in [9.17, 15) is 18.0 Å². The second-order valence-corrected chi connectivity index (χ2v) is 6.88. The second-order valence-electron chi connectivity index (χ2n) is 6.88. The van der Waals surface area contributed by atoms with Gasteiger partial charge in [-0.05, 0) is 42.3 Å². The first-order valence-electron chi connectivity index (χ1n) is 9.69. The zero-order chi connectivity index (χ0) is 24.0. The average molecular weight is 461 g/mol. The average Bonchev–Trinajstić information content (AvgIpc) is 2.81. The number of nitrogens with two attached hydrogens (primary N) is 2. The van der Waals surface area contributed by atoms with Gasteiger partial charge in [-0.3, -0.25) is 9.36 Å². The molecule has 2 aromatic carbocycles. The molecule has 6 N–H and O–H groups in total. The van der Waals surface area contributed by atoms with Crippen molar-refractivity contribution < 1.29 is 17.9 Å². The van der Waals surface area contributed by atoms with E-state index in [0.29, 0.717) is 24.4 Å². The zero-order valence-corrected chi connectivity index (χ0v) is 17.6. The number of benzene rings is 2. The van der Waals surface area contributed by atoms with Crippen LogP contribution in [0.3, 0.4) is 0 Å². The van der Waals surface area contributed by atoms with Crippen molar-refractivity contribution in [3.05, 3.63) is 76.3 Å². The number of hydrazine groups is 1. The van der Waals surface area contributed by atoms with Crippen LogP contribution in [0.1, 0.15) is 17.5 Å². The molecule has 0 aliphatic rings. The number of alkyl halides is 3. The molecule has 0 radical (unpaired) electrons. The number of ether oxygens (including phenoxy) is 1. The van der Waals surface area contributed by atoms with Gasteiger partial charge in [-0.25, -0.2) is 10.8 Å². The summed E-state index contributed by atoms with van der Waals surface area (Å²) in [6, 6.07) is 10.1. The zero-order valence-electron chi connectivity index (χ0n) is 17.6. The third-order valence-corrected chi connectivity index (χ3v) is 4.81. The molecule has 9 nitrogen and oxygen atoms in total. The van der Waals surface area contributed by atoms with Crippen LogP contribution in [0, 0.1) is 0 Å². The van der Waals surface area contributed by atoms with Crippen molar-refractivity contribution in [2.75, 3.05) is 12.4 Å². The van der Waals surface area contributed by atoms with Gasteiger partial charge >= 0.3 is 6.18 Å². The van der Waals surface area contributed by atoms with Crippen LogP contribution >= 0.6 is 0 Å². The standard InChI is InChI=1S/C21H22F3N7O2/c1-33-17-12-14(21(22,23)24)5-8-16(17)28-19-20(32)31(11-10-27-19)15-6-2-13(3-7-15)4-9-18(29-25)30-26/h2-3,5-8,10-12H,4,9,25-26H2,1H3,(H,27,28)(H,29,30). The second kappa shape index (κ2) is 10.0. The molecule has 0 aliphatic carbocycles. The number of amidine groups is 1. The fraction of sp³-hybridized carbons (Fsp3) is 0.190. The lowest BCUT2D eigenvalue weighted by Crippen LogP contribution is -2.31. The molecule has 33 heavy (non-hydrogen) atoms. The van der Waals surface area contributed by atoms with E-state index in [1.165, 1.54) is 30.1 Å². The number of hydrogen-bond donors (Lipinski definition) is 4. The largest absolute Gasteiger partial charge is 0.495 e. The van der Waals surface area contributed by atoms with E-state index in [1.54, 1.807) is 12.1 Å². The lowest BCUT2D eigenvalue weighted by Gasteiger charge is -2.14. The Morgan fingerprint density at radius 1 is 1.21 bits per heavy atom. The van der Waals surface area contributed by atoms with Crippen LogP contribution in [-0.2, 0) is 12.6 Å². The van der Waals surface area contributed by atoms with Gasteiger partial charge in [0.25, 0.3) is 5.56 Å². The van der Waals surface area contributed by atoms with Gasteiger partial charge in [0, 0.05) is 24.5 Å². The van der Waals surface area contributed by atoms with Gasteiger partial charge in [-0.2, -0.15) is 18.3 Å². The Bertz CT molecular complexity index is 1190. The van der Waals surface area contributed by atoms with Crippen LogP contribution in [0.2, 0.25) is 0 Å². The molecular weight excluding hydrogens is 439 g/mol. The minimum Gasteiger partial charge on any atom is -0.495 e.